The number of hydrogen-bond donors (Lipinski definition) is 4. The molecule has 2 atom stereocenters. The van der Waals surface area contributed by atoms with Gasteiger partial charge in [0.25, 0.3) is 0 Å². The van der Waals surface area contributed by atoms with E-state index in [1.54, 1.807) is 0 Å². The predicted octanol–water partition coefficient (Wildman–Crippen LogP) is 7.92. The van der Waals surface area contributed by atoms with Crippen molar-refractivity contribution in [3.05, 3.63) is 12.2 Å². The number of aliphatic carboxylic acids is 1. The van der Waals surface area contributed by atoms with E-state index < -0.39 is 24.5 Å². The molecular weight excluding hydrogens is 584 g/mol. The molecule has 0 aromatic rings. The summed E-state index contributed by atoms with van der Waals surface area (Å²) >= 11 is 0. The summed E-state index contributed by atoms with van der Waals surface area (Å²) in [6.45, 7) is 3.28. The molecule has 0 heterocycles. The number of ether oxygens (including phenoxy) is 1. The van der Waals surface area contributed by atoms with Gasteiger partial charge < -0.3 is 25.6 Å². The minimum Gasteiger partial charge on any atom is -0.480 e. The molecule has 0 fully saturated rings. The second kappa shape index (κ2) is 32.5. The molecule has 0 bridgehead atoms. The first kappa shape index (κ1) is 43.6. The van der Waals surface area contributed by atoms with Gasteiger partial charge in [0.1, 0.15) is 12.1 Å². The zero-order chi connectivity index (χ0) is 34.1. The number of nitrogens with one attached hydrogen (secondary N) is 2. The smallest absolute Gasteiger partial charge is 0.328 e. The highest BCUT2D eigenvalue weighted by atomic mass is 16.5. The number of carboxylic acids is 1. The molecular formula is C37H68N2O7. The predicted molar refractivity (Wildman–Crippen MR) is 185 cm³/mol. The molecule has 0 aliphatic carbocycles. The lowest BCUT2D eigenvalue weighted by Crippen LogP contribution is -2.47. The van der Waals surface area contributed by atoms with Gasteiger partial charge in [-0.05, 0) is 57.8 Å². The zero-order valence-corrected chi connectivity index (χ0v) is 29.3. The van der Waals surface area contributed by atoms with Gasteiger partial charge in [-0.2, -0.15) is 0 Å². The fourth-order valence-corrected chi connectivity index (χ4v) is 5.41. The van der Waals surface area contributed by atoms with E-state index in [2.05, 4.69) is 36.6 Å². The fraction of sp³-hybridized carbons (Fsp3) is 0.838. The van der Waals surface area contributed by atoms with Crippen molar-refractivity contribution in [3.8, 4) is 0 Å². The Morgan fingerprint density at radius 2 is 1.15 bits per heavy atom. The highest BCUT2D eigenvalue weighted by Crippen LogP contribution is 2.16. The van der Waals surface area contributed by atoms with E-state index in [9.17, 15) is 19.2 Å². The Hall–Kier alpha value is -2.42. The van der Waals surface area contributed by atoms with Gasteiger partial charge in [0.15, 0.2) is 0 Å². The van der Waals surface area contributed by atoms with Crippen molar-refractivity contribution < 1.29 is 34.1 Å². The second-order valence-electron chi connectivity index (χ2n) is 12.7. The Labute approximate surface area is 280 Å². The number of esters is 1. The molecule has 46 heavy (non-hydrogen) atoms. The van der Waals surface area contributed by atoms with Crippen LogP contribution in [0.1, 0.15) is 174 Å². The third-order valence-corrected chi connectivity index (χ3v) is 8.24. The van der Waals surface area contributed by atoms with Gasteiger partial charge in [0, 0.05) is 12.8 Å². The number of aliphatic hydroxyl groups excluding tert-OH is 1. The summed E-state index contributed by atoms with van der Waals surface area (Å²) in [5.41, 5.74) is 0. The quantitative estimate of drug-likeness (QED) is 0.0320. The molecule has 0 aliphatic heterocycles. The van der Waals surface area contributed by atoms with Crippen LogP contribution in [0.2, 0.25) is 0 Å². The summed E-state index contributed by atoms with van der Waals surface area (Å²) in [5, 5.41) is 22.4. The summed E-state index contributed by atoms with van der Waals surface area (Å²) in [6.07, 6.45) is 31.9. The summed E-state index contributed by atoms with van der Waals surface area (Å²) < 4.78 is 5.75. The number of allylic oxidation sites excluding steroid dienone is 2. The second-order valence-corrected chi connectivity index (χ2v) is 12.7. The maximum absolute atomic E-state index is 12.4. The largest absolute Gasteiger partial charge is 0.480 e. The van der Waals surface area contributed by atoms with Crippen LogP contribution in [0.3, 0.4) is 0 Å². The van der Waals surface area contributed by atoms with Crippen molar-refractivity contribution in [3.63, 3.8) is 0 Å². The Balaban J connectivity index is 3.73. The van der Waals surface area contributed by atoms with Crippen molar-refractivity contribution in [1.29, 1.82) is 0 Å². The van der Waals surface area contributed by atoms with E-state index in [0.29, 0.717) is 12.8 Å². The van der Waals surface area contributed by atoms with Crippen LogP contribution in [0.25, 0.3) is 0 Å². The highest BCUT2D eigenvalue weighted by Gasteiger charge is 2.19. The molecule has 268 valence electrons. The van der Waals surface area contributed by atoms with Gasteiger partial charge in [-0.3, -0.25) is 14.4 Å². The third kappa shape index (κ3) is 29.0. The Bertz CT molecular complexity index is 803. The maximum atomic E-state index is 12.4. The molecule has 0 aromatic carbocycles. The minimum absolute atomic E-state index is 0.0838. The summed E-state index contributed by atoms with van der Waals surface area (Å²) in [5.74, 6) is -2.41. The molecule has 0 saturated heterocycles. The molecule has 0 radical (unpaired) electrons. The number of carbonyl (C=O) groups is 4. The van der Waals surface area contributed by atoms with Crippen molar-refractivity contribution in [2.45, 2.75) is 187 Å². The van der Waals surface area contributed by atoms with Crippen molar-refractivity contribution in [2.24, 2.45) is 0 Å². The van der Waals surface area contributed by atoms with Crippen LogP contribution in [0.15, 0.2) is 12.2 Å². The first-order valence-corrected chi connectivity index (χ1v) is 18.6. The van der Waals surface area contributed by atoms with Crippen LogP contribution in [0.4, 0.5) is 0 Å². The SMILES string of the molecule is CCCCCCCC/C=C\CCCCCCCCCCCC(=O)OC(CCC)CCCCCC(=O)NCC(=O)NC(CO)C(=O)O. The van der Waals surface area contributed by atoms with Gasteiger partial charge in [-0.15, -0.1) is 0 Å². The van der Waals surface area contributed by atoms with Crippen LogP contribution >= 0.6 is 0 Å². The average molecular weight is 653 g/mol. The van der Waals surface area contributed by atoms with Crippen LogP contribution in [0, 0.1) is 0 Å². The number of amides is 2. The number of unbranched alkanes of at least 4 members (excludes halogenated alkanes) is 17. The molecule has 0 aromatic heterocycles. The number of carbonyl (C=O) groups excluding carboxylic acids is 3. The third-order valence-electron chi connectivity index (χ3n) is 8.24. The molecule has 0 saturated carbocycles. The molecule has 4 N–H and O–H groups in total. The van der Waals surface area contributed by atoms with E-state index in [-0.39, 0.29) is 30.9 Å². The van der Waals surface area contributed by atoms with E-state index in [1.807, 2.05) is 0 Å². The van der Waals surface area contributed by atoms with E-state index in [0.717, 1.165) is 44.9 Å². The lowest BCUT2D eigenvalue weighted by Gasteiger charge is -2.17. The summed E-state index contributed by atoms with van der Waals surface area (Å²) in [7, 11) is 0. The maximum Gasteiger partial charge on any atom is 0.328 e. The number of carboxylic acid groups (broad SMARTS) is 1. The van der Waals surface area contributed by atoms with Gasteiger partial charge in [-0.1, -0.05) is 116 Å². The fourth-order valence-electron chi connectivity index (χ4n) is 5.41. The Morgan fingerprint density at radius 3 is 1.70 bits per heavy atom. The lowest BCUT2D eigenvalue weighted by atomic mass is 10.0. The monoisotopic (exact) mass is 653 g/mol. The molecule has 0 rings (SSSR count). The molecule has 0 spiro atoms. The highest BCUT2D eigenvalue weighted by molar-refractivity contribution is 5.87. The minimum atomic E-state index is -1.39. The number of aliphatic hydroxyl groups is 1. The van der Waals surface area contributed by atoms with Gasteiger partial charge in [0.05, 0.1) is 13.2 Å². The van der Waals surface area contributed by atoms with E-state index in [4.69, 9.17) is 14.9 Å². The van der Waals surface area contributed by atoms with Crippen LogP contribution in [-0.4, -0.2) is 59.3 Å². The first-order chi connectivity index (χ1) is 22.3. The number of rotatable bonds is 33. The van der Waals surface area contributed by atoms with Crippen molar-refractivity contribution >= 4 is 23.8 Å². The van der Waals surface area contributed by atoms with Crippen LogP contribution < -0.4 is 10.6 Å². The zero-order valence-electron chi connectivity index (χ0n) is 29.3. The summed E-state index contributed by atoms with van der Waals surface area (Å²) in [4.78, 5) is 46.9. The van der Waals surface area contributed by atoms with Crippen molar-refractivity contribution in [2.75, 3.05) is 13.2 Å². The van der Waals surface area contributed by atoms with E-state index in [1.165, 1.54) is 96.3 Å². The van der Waals surface area contributed by atoms with Crippen molar-refractivity contribution in [1.82, 2.24) is 10.6 Å². The normalized spacial score (nSPS) is 12.6. The average Bonchev–Trinajstić information content (AvgIpc) is 3.03. The van der Waals surface area contributed by atoms with Gasteiger partial charge in [0.2, 0.25) is 11.8 Å². The number of hydrogen-bond acceptors (Lipinski definition) is 6. The van der Waals surface area contributed by atoms with Crippen LogP contribution in [0.5, 0.6) is 0 Å². The topological polar surface area (TPSA) is 142 Å². The van der Waals surface area contributed by atoms with Gasteiger partial charge in [-0.25, -0.2) is 4.79 Å². The Kier molecular flexibility index (Phi) is 30.8. The first-order valence-electron chi connectivity index (χ1n) is 18.6. The molecule has 9 heteroatoms. The van der Waals surface area contributed by atoms with E-state index >= 15 is 0 Å². The van der Waals surface area contributed by atoms with Crippen LogP contribution in [-0.2, 0) is 23.9 Å². The molecule has 2 amide bonds. The standard InChI is InChI=1S/C37H68N2O7/c1-3-5-6-7-8-9-10-11-12-13-14-15-16-17-18-19-20-21-25-29-36(43)46-32(26-4-2)27-23-22-24-28-34(41)38-30-35(42)39-33(31-40)37(44)45/h11-12,32-33,40H,3-10,13-31H2,1-2H3,(H,38,41)(H,39,42)(H,44,45)/b12-11-. The van der Waals surface area contributed by atoms with Gasteiger partial charge >= 0.3 is 11.9 Å². The summed E-state index contributed by atoms with van der Waals surface area (Å²) in [6, 6.07) is -1.39. The lowest BCUT2D eigenvalue weighted by molar-refractivity contribution is -0.150. The molecule has 0 aliphatic rings. The molecule has 9 nitrogen and oxygen atoms in total. The Morgan fingerprint density at radius 1 is 0.630 bits per heavy atom. The molecule has 2 unspecified atom stereocenters.